The lowest BCUT2D eigenvalue weighted by atomic mass is 10.1. The highest BCUT2D eigenvalue weighted by Crippen LogP contribution is 2.22. The van der Waals surface area contributed by atoms with Gasteiger partial charge in [0.1, 0.15) is 17.3 Å². The highest BCUT2D eigenvalue weighted by atomic mass is 16.6. The van der Waals surface area contributed by atoms with Gasteiger partial charge in [-0.05, 0) is 33.3 Å². The Labute approximate surface area is 159 Å². The van der Waals surface area contributed by atoms with Gasteiger partial charge >= 0.3 is 12.1 Å². The van der Waals surface area contributed by atoms with E-state index in [4.69, 9.17) is 9.47 Å². The van der Waals surface area contributed by atoms with Crippen molar-refractivity contribution in [3.63, 3.8) is 0 Å². The molecule has 1 aliphatic heterocycles. The zero-order valence-electron chi connectivity index (χ0n) is 16.7. The fourth-order valence-corrected chi connectivity index (χ4v) is 2.99. The molecule has 2 heterocycles. The first-order valence-electron chi connectivity index (χ1n) is 8.97. The molecule has 0 radical (unpaired) electrons. The summed E-state index contributed by atoms with van der Waals surface area (Å²) >= 11 is 0. The number of esters is 1. The first kappa shape index (κ1) is 20.7. The van der Waals surface area contributed by atoms with E-state index >= 15 is 0 Å². The summed E-state index contributed by atoms with van der Waals surface area (Å²) in [6.45, 7) is 7.38. The van der Waals surface area contributed by atoms with Crippen LogP contribution in [-0.2, 0) is 27.7 Å². The fourth-order valence-electron chi connectivity index (χ4n) is 2.99. The van der Waals surface area contributed by atoms with Crippen LogP contribution in [0.1, 0.15) is 50.3 Å². The molecule has 0 saturated carbocycles. The molecule has 0 aliphatic carbocycles. The highest BCUT2D eigenvalue weighted by molar-refractivity contribution is 5.93. The van der Waals surface area contributed by atoms with Crippen LogP contribution in [0.25, 0.3) is 0 Å². The van der Waals surface area contributed by atoms with Crippen LogP contribution < -0.4 is 5.32 Å². The summed E-state index contributed by atoms with van der Waals surface area (Å²) in [5, 5.41) is 7.13. The van der Waals surface area contributed by atoms with E-state index in [2.05, 4.69) is 10.4 Å². The van der Waals surface area contributed by atoms with Gasteiger partial charge in [-0.1, -0.05) is 6.92 Å². The van der Waals surface area contributed by atoms with Gasteiger partial charge in [0, 0.05) is 26.1 Å². The van der Waals surface area contributed by atoms with Crippen LogP contribution in [0.15, 0.2) is 6.07 Å². The number of aryl methyl sites for hydroxylation is 2. The largest absolute Gasteiger partial charge is 0.467 e. The molecule has 0 spiro atoms. The quantitative estimate of drug-likeness (QED) is 0.789. The predicted octanol–water partition coefficient (Wildman–Crippen LogP) is 1.26. The molecule has 9 nitrogen and oxygen atoms in total. The number of nitrogens with zero attached hydrogens (tertiary/aromatic N) is 3. The molecule has 2 rings (SSSR count). The van der Waals surface area contributed by atoms with Gasteiger partial charge in [-0.25, -0.2) is 9.59 Å². The van der Waals surface area contributed by atoms with E-state index in [-0.39, 0.29) is 18.9 Å². The molecule has 1 fully saturated rings. The van der Waals surface area contributed by atoms with Gasteiger partial charge in [-0.3, -0.25) is 14.4 Å². The molecule has 1 aromatic heterocycles. The van der Waals surface area contributed by atoms with Crippen LogP contribution in [0.5, 0.6) is 0 Å². The maximum atomic E-state index is 12.6. The lowest BCUT2D eigenvalue weighted by Crippen LogP contribution is -2.44. The average Bonchev–Trinajstić information content (AvgIpc) is 3.16. The number of carbonyl (C=O) groups is 3. The standard InChI is InChI=1S/C18H28N4O5/c1-7-11-8-13(21(5)20-11)15(23)19-12-9-14(16(24)26-6)22(10-12)17(25)27-18(2,3)4/h8,12,14H,7,9-10H2,1-6H3,(H,19,23)/t12-,14+/m1/s1. The average molecular weight is 380 g/mol. The molecule has 1 saturated heterocycles. The SMILES string of the molecule is CCc1cc(C(=O)N[C@@H]2C[C@@H](C(=O)OC)N(C(=O)OC(C)(C)C)C2)n(C)n1. The smallest absolute Gasteiger partial charge is 0.411 e. The number of hydrogen-bond donors (Lipinski definition) is 1. The van der Waals surface area contributed by atoms with Crippen molar-refractivity contribution < 1.29 is 23.9 Å². The third kappa shape index (κ3) is 4.99. The zero-order chi connectivity index (χ0) is 20.4. The molecule has 0 bridgehead atoms. The second-order valence-electron chi connectivity index (χ2n) is 7.58. The molecule has 9 heteroatoms. The van der Waals surface area contributed by atoms with Crippen LogP contribution in [0.4, 0.5) is 4.79 Å². The van der Waals surface area contributed by atoms with E-state index in [0.29, 0.717) is 5.69 Å². The highest BCUT2D eigenvalue weighted by Gasteiger charge is 2.42. The molecule has 150 valence electrons. The number of ether oxygens (including phenoxy) is 2. The third-order valence-electron chi connectivity index (χ3n) is 4.26. The van der Waals surface area contributed by atoms with Gasteiger partial charge in [-0.15, -0.1) is 0 Å². The molecular formula is C18H28N4O5. The number of amides is 2. The third-order valence-corrected chi connectivity index (χ3v) is 4.26. The zero-order valence-corrected chi connectivity index (χ0v) is 16.7. The van der Waals surface area contributed by atoms with E-state index in [1.165, 1.54) is 16.7 Å². The number of rotatable bonds is 4. The van der Waals surface area contributed by atoms with Crippen LogP contribution in [0.3, 0.4) is 0 Å². The van der Waals surface area contributed by atoms with E-state index < -0.39 is 29.7 Å². The minimum Gasteiger partial charge on any atom is -0.467 e. The molecule has 1 N–H and O–H groups in total. The van der Waals surface area contributed by atoms with Crippen LogP contribution >= 0.6 is 0 Å². The Morgan fingerprint density at radius 2 is 2.00 bits per heavy atom. The van der Waals surface area contributed by atoms with E-state index in [1.54, 1.807) is 33.9 Å². The van der Waals surface area contributed by atoms with Gasteiger partial charge in [0.2, 0.25) is 0 Å². The Hall–Kier alpha value is -2.58. The lowest BCUT2D eigenvalue weighted by molar-refractivity contribution is -0.145. The molecule has 0 aromatic carbocycles. The van der Waals surface area contributed by atoms with Gasteiger partial charge in [0.25, 0.3) is 5.91 Å². The van der Waals surface area contributed by atoms with Crippen LogP contribution in [-0.4, -0.2) is 64.0 Å². The number of methoxy groups -OCH3 is 1. The van der Waals surface area contributed by atoms with Crippen LogP contribution in [0.2, 0.25) is 0 Å². The van der Waals surface area contributed by atoms with Crippen molar-refractivity contribution in [2.75, 3.05) is 13.7 Å². The molecule has 0 unspecified atom stereocenters. The molecule has 27 heavy (non-hydrogen) atoms. The number of nitrogens with one attached hydrogen (secondary N) is 1. The number of hydrogen-bond acceptors (Lipinski definition) is 6. The molecular weight excluding hydrogens is 352 g/mol. The second-order valence-corrected chi connectivity index (χ2v) is 7.58. The number of likely N-dealkylation sites (tertiary alicyclic amines) is 1. The first-order chi connectivity index (χ1) is 12.6. The van der Waals surface area contributed by atoms with E-state index in [0.717, 1.165) is 12.1 Å². The van der Waals surface area contributed by atoms with Crippen molar-refractivity contribution in [1.82, 2.24) is 20.0 Å². The summed E-state index contributed by atoms with van der Waals surface area (Å²) < 4.78 is 11.7. The number of aromatic nitrogens is 2. The summed E-state index contributed by atoms with van der Waals surface area (Å²) in [5.41, 5.74) is 0.554. The maximum Gasteiger partial charge on any atom is 0.411 e. The first-order valence-corrected chi connectivity index (χ1v) is 8.97. The Bertz CT molecular complexity index is 722. The summed E-state index contributed by atoms with van der Waals surface area (Å²) in [6, 6.07) is 0.537. The minimum absolute atomic E-state index is 0.166. The van der Waals surface area contributed by atoms with E-state index in [9.17, 15) is 14.4 Å². The summed E-state index contributed by atoms with van der Waals surface area (Å²) in [7, 11) is 2.97. The van der Waals surface area contributed by atoms with Gasteiger partial charge < -0.3 is 14.8 Å². The monoisotopic (exact) mass is 380 g/mol. The number of carbonyl (C=O) groups excluding carboxylic acids is 3. The molecule has 2 amide bonds. The second kappa shape index (κ2) is 7.98. The summed E-state index contributed by atoms with van der Waals surface area (Å²) in [4.78, 5) is 38.4. The maximum absolute atomic E-state index is 12.6. The van der Waals surface area contributed by atoms with Gasteiger partial charge in [0.15, 0.2) is 0 Å². The van der Waals surface area contributed by atoms with Crippen molar-refractivity contribution in [3.8, 4) is 0 Å². The molecule has 1 aliphatic rings. The fraction of sp³-hybridized carbons (Fsp3) is 0.667. The van der Waals surface area contributed by atoms with Crippen molar-refractivity contribution >= 4 is 18.0 Å². The normalized spacial score (nSPS) is 19.7. The summed E-state index contributed by atoms with van der Waals surface area (Å²) in [6.07, 6.45) is 0.376. The van der Waals surface area contributed by atoms with Gasteiger partial charge in [-0.2, -0.15) is 5.10 Å². The topological polar surface area (TPSA) is 103 Å². The predicted molar refractivity (Wildman–Crippen MR) is 97.2 cm³/mol. The summed E-state index contributed by atoms with van der Waals surface area (Å²) in [5.74, 6) is -0.837. The Kier molecular flexibility index (Phi) is 6.12. The van der Waals surface area contributed by atoms with Gasteiger partial charge in [0.05, 0.1) is 12.8 Å². The van der Waals surface area contributed by atoms with Crippen LogP contribution in [0, 0.1) is 0 Å². The Morgan fingerprint density at radius 3 is 2.52 bits per heavy atom. The van der Waals surface area contributed by atoms with E-state index in [1.807, 2.05) is 6.92 Å². The van der Waals surface area contributed by atoms with Crippen molar-refractivity contribution in [1.29, 1.82) is 0 Å². The van der Waals surface area contributed by atoms with Crippen molar-refractivity contribution in [3.05, 3.63) is 17.5 Å². The Morgan fingerprint density at radius 1 is 1.33 bits per heavy atom. The lowest BCUT2D eigenvalue weighted by Gasteiger charge is -2.27. The molecule has 2 atom stereocenters. The Balaban J connectivity index is 2.12. The van der Waals surface area contributed by atoms with Crippen molar-refractivity contribution in [2.45, 2.75) is 58.2 Å². The minimum atomic E-state index is -0.798. The molecule has 1 aromatic rings. The van der Waals surface area contributed by atoms with Crippen molar-refractivity contribution in [2.24, 2.45) is 7.05 Å².